The van der Waals surface area contributed by atoms with E-state index < -0.39 is 0 Å². The Morgan fingerprint density at radius 3 is 2.55 bits per heavy atom. The number of nitrogens with zero attached hydrogens (tertiary/aromatic N) is 1. The summed E-state index contributed by atoms with van der Waals surface area (Å²) in [6, 6.07) is 1.60. The molecule has 2 heteroatoms. The first-order chi connectivity index (χ1) is 5.24. The molecule has 0 radical (unpaired) electrons. The molecule has 1 fully saturated rings. The lowest BCUT2D eigenvalue weighted by molar-refractivity contribution is 0.293. The fourth-order valence-corrected chi connectivity index (χ4v) is 1.90. The van der Waals surface area contributed by atoms with Crippen LogP contribution in [0.15, 0.2) is 0 Å². The summed E-state index contributed by atoms with van der Waals surface area (Å²) in [4.78, 5) is 2.34. The Morgan fingerprint density at radius 2 is 2.09 bits per heavy atom. The minimum absolute atomic E-state index is 0.785. The van der Waals surface area contributed by atoms with E-state index in [0.717, 1.165) is 18.6 Å². The smallest absolute Gasteiger partial charge is 0.0105 e. The standard InChI is InChI=1S/C9H20N2/c1-4-10-8-5-6-9(7-8)11(2)3/h8-10H,4-7H2,1-3H3. The Labute approximate surface area is 70.0 Å². The van der Waals surface area contributed by atoms with Gasteiger partial charge in [0, 0.05) is 12.1 Å². The van der Waals surface area contributed by atoms with Gasteiger partial charge < -0.3 is 10.2 Å². The Hall–Kier alpha value is -0.0800. The second-order valence-electron chi connectivity index (χ2n) is 3.69. The predicted octanol–water partition coefficient (Wildman–Crippen LogP) is 1.08. The molecular weight excluding hydrogens is 136 g/mol. The van der Waals surface area contributed by atoms with Gasteiger partial charge >= 0.3 is 0 Å². The average Bonchev–Trinajstić information content (AvgIpc) is 2.37. The molecule has 1 rings (SSSR count). The normalized spacial score (nSPS) is 31.6. The van der Waals surface area contributed by atoms with Crippen molar-refractivity contribution in [3.8, 4) is 0 Å². The zero-order valence-electron chi connectivity index (χ0n) is 7.93. The van der Waals surface area contributed by atoms with E-state index in [1.165, 1.54) is 19.3 Å². The van der Waals surface area contributed by atoms with Crippen molar-refractivity contribution in [2.45, 2.75) is 38.3 Å². The van der Waals surface area contributed by atoms with Crippen LogP contribution >= 0.6 is 0 Å². The molecular formula is C9H20N2. The van der Waals surface area contributed by atoms with Gasteiger partial charge in [0.05, 0.1) is 0 Å². The number of nitrogens with one attached hydrogen (secondary N) is 1. The lowest BCUT2D eigenvalue weighted by atomic mass is 10.2. The van der Waals surface area contributed by atoms with Crippen molar-refractivity contribution < 1.29 is 0 Å². The average molecular weight is 156 g/mol. The monoisotopic (exact) mass is 156 g/mol. The van der Waals surface area contributed by atoms with Gasteiger partial charge in [0.25, 0.3) is 0 Å². The van der Waals surface area contributed by atoms with E-state index >= 15 is 0 Å². The summed E-state index contributed by atoms with van der Waals surface area (Å²) in [7, 11) is 4.36. The maximum atomic E-state index is 3.50. The molecule has 1 aliphatic carbocycles. The third-order valence-electron chi connectivity index (χ3n) is 2.63. The summed E-state index contributed by atoms with van der Waals surface area (Å²) in [6.07, 6.45) is 4.06. The molecule has 0 aliphatic heterocycles. The Morgan fingerprint density at radius 1 is 1.36 bits per heavy atom. The van der Waals surface area contributed by atoms with E-state index in [2.05, 4.69) is 31.2 Å². The second kappa shape index (κ2) is 4.07. The molecule has 2 unspecified atom stereocenters. The van der Waals surface area contributed by atoms with Crippen molar-refractivity contribution in [3.05, 3.63) is 0 Å². The molecule has 0 aromatic rings. The quantitative estimate of drug-likeness (QED) is 0.658. The van der Waals surface area contributed by atoms with Crippen LogP contribution in [-0.2, 0) is 0 Å². The highest BCUT2D eigenvalue weighted by molar-refractivity contribution is 4.84. The van der Waals surface area contributed by atoms with Crippen molar-refractivity contribution in [2.24, 2.45) is 0 Å². The molecule has 0 aromatic heterocycles. The van der Waals surface area contributed by atoms with Crippen molar-refractivity contribution in [3.63, 3.8) is 0 Å². The zero-order chi connectivity index (χ0) is 8.27. The van der Waals surface area contributed by atoms with E-state index in [4.69, 9.17) is 0 Å². The lowest BCUT2D eigenvalue weighted by Crippen LogP contribution is -2.30. The summed E-state index contributed by atoms with van der Waals surface area (Å²) < 4.78 is 0. The van der Waals surface area contributed by atoms with E-state index in [-0.39, 0.29) is 0 Å². The first-order valence-electron chi connectivity index (χ1n) is 4.63. The SMILES string of the molecule is CCNC1CCC(N(C)C)C1. The van der Waals surface area contributed by atoms with Gasteiger partial charge in [-0.3, -0.25) is 0 Å². The largest absolute Gasteiger partial charge is 0.314 e. The highest BCUT2D eigenvalue weighted by Gasteiger charge is 2.24. The van der Waals surface area contributed by atoms with Crippen LogP contribution in [-0.4, -0.2) is 37.6 Å². The Kier molecular flexibility index (Phi) is 3.34. The fraction of sp³-hybridized carbons (Fsp3) is 1.00. The molecule has 0 spiro atoms. The van der Waals surface area contributed by atoms with Gasteiger partial charge in [-0.1, -0.05) is 6.92 Å². The molecule has 0 heterocycles. The van der Waals surface area contributed by atoms with Crippen molar-refractivity contribution in [2.75, 3.05) is 20.6 Å². The van der Waals surface area contributed by atoms with E-state index in [1.54, 1.807) is 0 Å². The molecule has 0 saturated heterocycles. The van der Waals surface area contributed by atoms with Crippen LogP contribution in [0.5, 0.6) is 0 Å². The van der Waals surface area contributed by atoms with Crippen molar-refractivity contribution >= 4 is 0 Å². The summed E-state index contributed by atoms with van der Waals surface area (Å²) in [5.74, 6) is 0. The Balaban J connectivity index is 2.23. The van der Waals surface area contributed by atoms with Gasteiger partial charge in [-0.25, -0.2) is 0 Å². The summed E-state index contributed by atoms with van der Waals surface area (Å²) in [5.41, 5.74) is 0. The molecule has 66 valence electrons. The third-order valence-corrected chi connectivity index (χ3v) is 2.63. The van der Waals surface area contributed by atoms with Crippen molar-refractivity contribution in [1.82, 2.24) is 10.2 Å². The topological polar surface area (TPSA) is 15.3 Å². The molecule has 0 amide bonds. The number of hydrogen-bond donors (Lipinski definition) is 1. The van der Waals surface area contributed by atoms with E-state index in [9.17, 15) is 0 Å². The van der Waals surface area contributed by atoms with Crippen LogP contribution in [0.4, 0.5) is 0 Å². The fourth-order valence-electron chi connectivity index (χ4n) is 1.90. The van der Waals surface area contributed by atoms with E-state index in [0.29, 0.717) is 0 Å². The van der Waals surface area contributed by atoms with Crippen LogP contribution < -0.4 is 5.32 Å². The van der Waals surface area contributed by atoms with E-state index in [1.807, 2.05) is 0 Å². The zero-order valence-corrected chi connectivity index (χ0v) is 7.93. The summed E-state index contributed by atoms with van der Waals surface area (Å²) in [5, 5.41) is 3.50. The van der Waals surface area contributed by atoms with Crippen molar-refractivity contribution in [1.29, 1.82) is 0 Å². The first kappa shape index (κ1) is 9.01. The van der Waals surface area contributed by atoms with Gasteiger partial charge in [-0.15, -0.1) is 0 Å². The van der Waals surface area contributed by atoms with Crippen LogP contribution in [0.1, 0.15) is 26.2 Å². The summed E-state index contributed by atoms with van der Waals surface area (Å²) >= 11 is 0. The molecule has 0 aromatic carbocycles. The first-order valence-corrected chi connectivity index (χ1v) is 4.63. The van der Waals surface area contributed by atoms with Gasteiger partial charge in [0.2, 0.25) is 0 Å². The van der Waals surface area contributed by atoms with Crippen LogP contribution in [0.25, 0.3) is 0 Å². The van der Waals surface area contributed by atoms with Gasteiger partial charge in [0.1, 0.15) is 0 Å². The number of hydrogen-bond acceptors (Lipinski definition) is 2. The molecule has 1 N–H and O–H groups in total. The molecule has 0 bridgehead atoms. The molecule has 1 aliphatic rings. The van der Waals surface area contributed by atoms with Crippen LogP contribution in [0.3, 0.4) is 0 Å². The third kappa shape index (κ3) is 2.46. The van der Waals surface area contributed by atoms with Gasteiger partial charge in [-0.05, 0) is 39.9 Å². The van der Waals surface area contributed by atoms with Crippen LogP contribution in [0, 0.1) is 0 Å². The van der Waals surface area contributed by atoms with Crippen LogP contribution in [0.2, 0.25) is 0 Å². The maximum Gasteiger partial charge on any atom is 0.0105 e. The molecule has 2 atom stereocenters. The predicted molar refractivity (Wildman–Crippen MR) is 48.8 cm³/mol. The maximum absolute atomic E-state index is 3.50. The minimum Gasteiger partial charge on any atom is -0.314 e. The molecule has 1 saturated carbocycles. The van der Waals surface area contributed by atoms with Gasteiger partial charge in [-0.2, -0.15) is 0 Å². The molecule has 11 heavy (non-hydrogen) atoms. The summed E-state index contributed by atoms with van der Waals surface area (Å²) in [6.45, 7) is 3.30. The minimum atomic E-state index is 0.785. The highest BCUT2D eigenvalue weighted by atomic mass is 15.1. The lowest BCUT2D eigenvalue weighted by Gasteiger charge is -2.18. The Bertz CT molecular complexity index is 112. The van der Waals surface area contributed by atoms with Gasteiger partial charge in [0.15, 0.2) is 0 Å². The highest BCUT2D eigenvalue weighted by Crippen LogP contribution is 2.21. The molecule has 2 nitrogen and oxygen atoms in total. The second-order valence-corrected chi connectivity index (χ2v) is 3.69. The number of rotatable bonds is 3.